The molecule has 0 amide bonds. The van der Waals surface area contributed by atoms with Crippen LogP contribution in [0, 0.1) is 0 Å². The lowest BCUT2D eigenvalue weighted by molar-refractivity contribution is -0.138. The van der Waals surface area contributed by atoms with E-state index in [2.05, 4.69) is 18.5 Å². The van der Waals surface area contributed by atoms with E-state index in [1.165, 1.54) is 0 Å². The van der Waals surface area contributed by atoms with Gasteiger partial charge in [0.2, 0.25) is 0 Å². The average molecular weight is 235 g/mol. The van der Waals surface area contributed by atoms with Crippen molar-refractivity contribution in [1.82, 2.24) is 5.32 Å². The van der Waals surface area contributed by atoms with Crippen LogP contribution in [0.25, 0.3) is 0 Å². The van der Waals surface area contributed by atoms with Crippen molar-refractivity contribution in [2.24, 2.45) is 0 Å². The molecule has 3 nitrogen and oxygen atoms in total. The molecule has 0 aromatic heterocycles. The minimum atomic E-state index is -0.0472. The van der Waals surface area contributed by atoms with Crippen molar-refractivity contribution in [1.29, 1.82) is 0 Å². The zero-order valence-electron chi connectivity index (χ0n) is 10.4. The Labute approximate surface area is 98.3 Å². The molecule has 1 N–H and O–H groups in total. The summed E-state index contributed by atoms with van der Waals surface area (Å²) in [6.45, 7) is 8.57. The molecular formula is C11H25NO2S. The summed E-state index contributed by atoms with van der Waals surface area (Å²) in [7, 11) is 0. The van der Waals surface area contributed by atoms with Crippen LogP contribution in [0.15, 0.2) is 0 Å². The Bertz CT molecular complexity index is 130. The van der Waals surface area contributed by atoms with Gasteiger partial charge in [-0.1, -0.05) is 0 Å². The Balaban J connectivity index is 3.51. The van der Waals surface area contributed by atoms with Crippen molar-refractivity contribution in [3.8, 4) is 0 Å². The molecule has 0 bridgehead atoms. The number of nitrogens with one attached hydrogen (secondary N) is 1. The van der Waals surface area contributed by atoms with Crippen molar-refractivity contribution in [3.63, 3.8) is 0 Å². The molecule has 1 unspecified atom stereocenters. The number of thioether (sulfide) groups is 1. The van der Waals surface area contributed by atoms with E-state index in [9.17, 15) is 0 Å². The lowest BCUT2D eigenvalue weighted by atomic mass is 10.3. The molecule has 4 heteroatoms. The minimum Gasteiger partial charge on any atom is -0.353 e. The summed E-state index contributed by atoms with van der Waals surface area (Å²) in [6.07, 6.45) is 3.00. The van der Waals surface area contributed by atoms with Crippen LogP contribution in [-0.4, -0.2) is 44.1 Å². The van der Waals surface area contributed by atoms with Gasteiger partial charge in [0, 0.05) is 38.0 Å². The van der Waals surface area contributed by atoms with Gasteiger partial charge < -0.3 is 14.8 Å². The van der Waals surface area contributed by atoms with Crippen molar-refractivity contribution >= 4 is 11.8 Å². The van der Waals surface area contributed by atoms with Crippen LogP contribution in [0.3, 0.4) is 0 Å². The zero-order valence-corrected chi connectivity index (χ0v) is 11.2. The average Bonchev–Trinajstić information content (AvgIpc) is 2.19. The van der Waals surface area contributed by atoms with Crippen LogP contribution >= 0.6 is 11.8 Å². The Morgan fingerprint density at radius 3 is 2.27 bits per heavy atom. The van der Waals surface area contributed by atoms with Gasteiger partial charge in [-0.15, -0.1) is 0 Å². The summed E-state index contributed by atoms with van der Waals surface area (Å²) in [4.78, 5) is 0. The number of hydrogen-bond acceptors (Lipinski definition) is 4. The molecule has 0 rings (SSSR count). The second-order valence-corrected chi connectivity index (χ2v) is 4.35. The van der Waals surface area contributed by atoms with Crippen LogP contribution in [0.1, 0.15) is 27.2 Å². The summed E-state index contributed by atoms with van der Waals surface area (Å²) < 4.78 is 10.9. The Morgan fingerprint density at radius 2 is 1.80 bits per heavy atom. The highest BCUT2D eigenvalue weighted by Crippen LogP contribution is 2.01. The monoisotopic (exact) mass is 235 g/mol. The van der Waals surface area contributed by atoms with Gasteiger partial charge in [-0.25, -0.2) is 0 Å². The van der Waals surface area contributed by atoms with Crippen LogP contribution in [0.2, 0.25) is 0 Å². The van der Waals surface area contributed by atoms with Gasteiger partial charge in [0.25, 0.3) is 0 Å². The molecule has 0 aromatic rings. The number of hydrogen-bond donors (Lipinski definition) is 1. The van der Waals surface area contributed by atoms with E-state index in [4.69, 9.17) is 9.47 Å². The summed E-state index contributed by atoms with van der Waals surface area (Å²) in [5.41, 5.74) is 0. The van der Waals surface area contributed by atoms with Gasteiger partial charge in [0.1, 0.15) is 0 Å². The summed E-state index contributed by atoms with van der Waals surface area (Å²) in [6, 6.07) is 0.559. The predicted octanol–water partition coefficient (Wildman–Crippen LogP) is 2.12. The van der Waals surface area contributed by atoms with E-state index in [0.717, 1.165) is 18.7 Å². The van der Waals surface area contributed by atoms with E-state index in [1.807, 2.05) is 25.6 Å². The van der Waals surface area contributed by atoms with Crippen molar-refractivity contribution in [3.05, 3.63) is 0 Å². The summed E-state index contributed by atoms with van der Waals surface area (Å²) >= 11 is 1.86. The first kappa shape index (κ1) is 15.2. The molecular weight excluding hydrogens is 210 g/mol. The molecule has 15 heavy (non-hydrogen) atoms. The third-order valence-corrected chi connectivity index (χ3v) is 2.83. The third kappa shape index (κ3) is 9.18. The molecule has 0 aliphatic heterocycles. The maximum atomic E-state index is 5.46. The fourth-order valence-corrected chi connectivity index (χ4v) is 1.96. The van der Waals surface area contributed by atoms with Crippen LogP contribution in [-0.2, 0) is 9.47 Å². The van der Waals surface area contributed by atoms with Crippen molar-refractivity contribution in [2.45, 2.75) is 39.5 Å². The fourth-order valence-electron chi connectivity index (χ4n) is 1.34. The minimum absolute atomic E-state index is 0.0472. The number of ether oxygens (including phenoxy) is 2. The van der Waals surface area contributed by atoms with E-state index in [1.54, 1.807) is 0 Å². The largest absolute Gasteiger partial charge is 0.353 e. The first-order chi connectivity index (χ1) is 7.24. The molecule has 0 fully saturated rings. The van der Waals surface area contributed by atoms with Crippen LogP contribution in [0.4, 0.5) is 0 Å². The van der Waals surface area contributed by atoms with Crippen molar-refractivity contribution in [2.75, 3.05) is 31.8 Å². The SMILES string of the molecule is CCOC(CCNC(C)CSC)OCC. The molecule has 0 saturated carbocycles. The fraction of sp³-hybridized carbons (Fsp3) is 1.00. The van der Waals surface area contributed by atoms with Gasteiger partial charge in [-0.2, -0.15) is 11.8 Å². The highest BCUT2D eigenvalue weighted by Gasteiger charge is 2.08. The highest BCUT2D eigenvalue weighted by atomic mass is 32.2. The van der Waals surface area contributed by atoms with Gasteiger partial charge >= 0.3 is 0 Å². The van der Waals surface area contributed by atoms with E-state index in [0.29, 0.717) is 19.3 Å². The summed E-state index contributed by atoms with van der Waals surface area (Å²) in [5.74, 6) is 1.15. The second-order valence-electron chi connectivity index (χ2n) is 3.44. The molecule has 0 aliphatic carbocycles. The number of rotatable bonds is 10. The molecule has 0 radical (unpaired) electrons. The molecule has 0 spiro atoms. The van der Waals surface area contributed by atoms with Crippen LogP contribution in [0.5, 0.6) is 0 Å². The first-order valence-corrected chi connectivity index (χ1v) is 7.09. The molecule has 92 valence electrons. The molecule has 0 heterocycles. The third-order valence-electron chi connectivity index (χ3n) is 1.99. The summed E-state index contributed by atoms with van der Waals surface area (Å²) in [5, 5.41) is 3.45. The first-order valence-electron chi connectivity index (χ1n) is 5.70. The van der Waals surface area contributed by atoms with Crippen LogP contribution < -0.4 is 5.32 Å². The Kier molecular flexibility index (Phi) is 10.9. The van der Waals surface area contributed by atoms with E-state index < -0.39 is 0 Å². The topological polar surface area (TPSA) is 30.5 Å². The molecule has 1 atom stereocenters. The molecule has 0 aliphatic rings. The normalized spacial score (nSPS) is 13.4. The standard InChI is InChI=1S/C11H25NO2S/c1-5-13-11(14-6-2)7-8-12-10(3)9-15-4/h10-12H,5-9H2,1-4H3. The van der Waals surface area contributed by atoms with Gasteiger partial charge in [-0.3, -0.25) is 0 Å². The van der Waals surface area contributed by atoms with Gasteiger partial charge in [0.15, 0.2) is 6.29 Å². The second kappa shape index (κ2) is 10.7. The Morgan fingerprint density at radius 1 is 1.20 bits per heavy atom. The van der Waals surface area contributed by atoms with Crippen molar-refractivity contribution < 1.29 is 9.47 Å². The highest BCUT2D eigenvalue weighted by molar-refractivity contribution is 7.98. The van der Waals surface area contributed by atoms with E-state index >= 15 is 0 Å². The quantitative estimate of drug-likeness (QED) is 0.588. The maximum absolute atomic E-state index is 5.46. The molecule has 0 aromatic carbocycles. The smallest absolute Gasteiger partial charge is 0.158 e. The lowest BCUT2D eigenvalue weighted by Crippen LogP contribution is -2.32. The van der Waals surface area contributed by atoms with Gasteiger partial charge in [-0.05, 0) is 27.0 Å². The molecule has 0 saturated heterocycles. The van der Waals surface area contributed by atoms with E-state index in [-0.39, 0.29) is 6.29 Å². The predicted molar refractivity (Wildman–Crippen MR) is 67.5 cm³/mol. The lowest BCUT2D eigenvalue weighted by Gasteiger charge is -2.18. The van der Waals surface area contributed by atoms with Gasteiger partial charge in [0.05, 0.1) is 0 Å². The Hall–Kier alpha value is 0.230. The maximum Gasteiger partial charge on any atom is 0.158 e. The zero-order chi connectivity index (χ0) is 11.5.